The molecule has 130 valence electrons. The van der Waals surface area contributed by atoms with Crippen molar-refractivity contribution in [3.8, 4) is 5.75 Å². The summed E-state index contributed by atoms with van der Waals surface area (Å²) in [6.07, 6.45) is 2.58. The van der Waals surface area contributed by atoms with Gasteiger partial charge in [-0.2, -0.15) is 0 Å². The molecule has 1 aliphatic carbocycles. The molecule has 3 aliphatic rings. The summed E-state index contributed by atoms with van der Waals surface area (Å²) < 4.78 is 23.2. The van der Waals surface area contributed by atoms with Crippen LogP contribution in [0.5, 0.6) is 5.75 Å². The maximum atomic E-state index is 12.6. The van der Waals surface area contributed by atoms with E-state index in [0.29, 0.717) is 19.8 Å². The van der Waals surface area contributed by atoms with E-state index in [2.05, 4.69) is 6.07 Å². The highest BCUT2D eigenvalue weighted by Gasteiger charge is 2.58. The number of hydrogen-bond donors (Lipinski definition) is 0. The van der Waals surface area contributed by atoms with Crippen LogP contribution in [0.25, 0.3) is 0 Å². The zero-order valence-electron chi connectivity index (χ0n) is 14.3. The van der Waals surface area contributed by atoms with Gasteiger partial charge in [-0.3, -0.25) is 0 Å². The normalized spacial score (nSPS) is 26.3. The van der Waals surface area contributed by atoms with Crippen LogP contribution in [0.2, 0.25) is 0 Å². The van der Waals surface area contributed by atoms with Crippen molar-refractivity contribution in [3.63, 3.8) is 0 Å². The lowest BCUT2D eigenvalue weighted by atomic mass is 9.65. The van der Waals surface area contributed by atoms with Crippen LogP contribution in [0.15, 0.2) is 18.2 Å². The number of hydrogen-bond acceptors (Lipinski definition) is 5. The van der Waals surface area contributed by atoms with Gasteiger partial charge in [-0.1, -0.05) is 18.2 Å². The molecule has 0 unspecified atom stereocenters. The van der Waals surface area contributed by atoms with Crippen molar-refractivity contribution in [3.05, 3.63) is 29.3 Å². The van der Waals surface area contributed by atoms with Gasteiger partial charge in [0.05, 0.1) is 19.8 Å². The van der Waals surface area contributed by atoms with Crippen molar-refractivity contribution in [1.82, 2.24) is 0 Å². The van der Waals surface area contributed by atoms with E-state index in [1.54, 1.807) is 0 Å². The van der Waals surface area contributed by atoms with Crippen LogP contribution in [0.1, 0.15) is 43.7 Å². The molecule has 5 heteroatoms. The molecule has 4 rings (SSSR count). The van der Waals surface area contributed by atoms with Crippen molar-refractivity contribution in [2.75, 3.05) is 19.8 Å². The van der Waals surface area contributed by atoms with Crippen molar-refractivity contribution in [1.29, 1.82) is 0 Å². The number of rotatable bonds is 2. The van der Waals surface area contributed by atoms with Gasteiger partial charge < -0.3 is 18.9 Å². The number of fused-ring (bicyclic) bond motifs is 2. The summed E-state index contributed by atoms with van der Waals surface area (Å²) in [6, 6.07) is 6.16. The van der Waals surface area contributed by atoms with Gasteiger partial charge in [0.15, 0.2) is 5.79 Å². The minimum atomic E-state index is -0.577. The van der Waals surface area contributed by atoms with Gasteiger partial charge in [-0.05, 0) is 32.3 Å². The van der Waals surface area contributed by atoms with E-state index in [0.717, 1.165) is 42.6 Å². The summed E-state index contributed by atoms with van der Waals surface area (Å²) in [5, 5.41) is 0. The number of aryl methyl sites for hydroxylation is 1. The minimum absolute atomic E-state index is 0.266. The van der Waals surface area contributed by atoms with Crippen LogP contribution < -0.4 is 4.74 Å². The van der Waals surface area contributed by atoms with Gasteiger partial charge in [0.1, 0.15) is 5.75 Å². The predicted octanol–water partition coefficient (Wildman–Crippen LogP) is 2.87. The molecule has 1 saturated carbocycles. The van der Waals surface area contributed by atoms with E-state index in [1.165, 1.54) is 0 Å². The van der Waals surface area contributed by atoms with E-state index in [4.69, 9.17) is 18.9 Å². The first-order valence-corrected chi connectivity index (χ1v) is 8.82. The van der Waals surface area contributed by atoms with Gasteiger partial charge in [-0.15, -0.1) is 0 Å². The van der Waals surface area contributed by atoms with Gasteiger partial charge in [0.25, 0.3) is 0 Å². The number of carbonyl (C=O) groups is 1. The Hall–Kier alpha value is -1.59. The van der Waals surface area contributed by atoms with Gasteiger partial charge in [0.2, 0.25) is 6.10 Å². The predicted molar refractivity (Wildman–Crippen MR) is 87.0 cm³/mol. The molecule has 0 radical (unpaired) electrons. The average molecular weight is 332 g/mol. The summed E-state index contributed by atoms with van der Waals surface area (Å²) in [6.45, 7) is 5.52. The first-order chi connectivity index (χ1) is 11.6. The van der Waals surface area contributed by atoms with Crippen molar-refractivity contribution < 1.29 is 23.7 Å². The molecule has 24 heavy (non-hydrogen) atoms. The molecule has 2 fully saturated rings. The standard InChI is InChI=1S/C19H24O5/c1-3-21-17(20)16-18(14-6-4-5-13(2)15(14)24-16)7-9-19(10-8-18)22-11-12-23-19/h4-6,16H,3,7-12H2,1-2H3/t16-/m0/s1. The Labute approximate surface area is 142 Å². The van der Waals surface area contributed by atoms with Crippen molar-refractivity contribution >= 4 is 5.97 Å². The van der Waals surface area contributed by atoms with Crippen LogP contribution in [-0.4, -0.2) is 37.7 Å². The molecular weight excluding hydrogens is 308 g/mol. The second-order valence-electron chi connectivity index (χ2n) is 6.97. The topological polar surface area (TPSA) is 54.0 Å². The quantitative estimate of drug-likeness (QED) is 0.780. The highest BCUT2D eigenvalue weighted by Crippen LogP contribution is 2.55. The molecule has 0 bridgehead atoms. The molecule has 1 aromatic carbocycles. The van der Waals surface area contributed by atoms with Gasteiger partial charge in [0, 0.05) is 23.8 Å². The summed E-state index contributed by atoms with van der Waals surface area (Å²) in [4.78, 5) is 12.6. The third kappa shape index (κ3) is 2.25. The Balaban J connectivity index is 1.70. The minimum Gasteiger partial charge on any atom is -0.477 e. The third-order valence-electron chi connectivity index (χ3n) is 5.70. The molecule has 0 amide bonds. The first kappa shape index (κ1) is 15.9. The zero-order chi connectivity index (χ0) is 16.8. The zero-order valence-corrected chi connectivity index (χ0v) is 14.3. The molecule has 1 saturated heterocycles. The highest BCUT2D eigenvalue weighted by molar-refractivity contribution is 5.80. The molecule has 1 aromatic rings. The highest BCUT2D eigenvalue weighted by atomic mass is 16.7. The fourth-order valence-electron chi connectivity index (χ4n) is 4.46. The second kappa shape index (κ2) is 5.74. The lowest BCUT2D eigenvalue weighted by Gasteiger charge is -2.43. The van der Waals surface area contributed by atoms with E-state index in [1.807, 2.05) is 26.0 Å². The molecule has 0 N–H and O–H groups in total. The summed E-state index contributed by atoms with van der Waals surface area (Å²) in [7, 11) is 0. The van der Waals surface area contributed by atoms with Crippen LogP contribution in [-0.2, 0) is 24.4 Å². The van der Waals surface area contributed by atoms with Crippen molar-refractivity contribution in [2.45, 2.75) is 56.8 Å². The number of esters is 1. The largest absolute Gasteiger partial charge is 0.477 e. The van der Waals surface area contributed by atoms with E-state index in [-0.39, 0.29) is 11.4 Å². The summed E-state index contributed by atoms with van der Waals surface area (Å²) >= 11 is 0. The van der Waals surface area contributed by atoms with Crippen LogP contribution in [0.3, 0.4) is 0 Å². The van der Waals surface area contributed by atoms with E-state index in [9.17, 15) is 4.79 Å². The third-order valence-corrected chi connectivity index (χ3v) is 5.70. The molecule has 2 aliphatic heterocycles. The summed E-state index contributed by atoms with van der Waals surface area (Å²) in [5.74, 6) is 0.119. The average Bonchev–Trinajstić information content (AvgIpc) is 3.16. The molecule has 5 nitrogen and oxygen atoms in total. The molecule has 2 spiro atoms. The molecule has 1 atom stereocenters. The Kier molecular flexibility index (Phi) is 3.81. The number of ether oxygens (including phenoxy) is 4. The Morgan fingerprint density at radius 2 is 1.92 bits per heavy atom. The molecule has 2 heterocycles. The maximum absolute atomic E-state index is 12.6. The number of benzene rings is 1. The van der Waals surface area contributed by atoms with Crippen molar-refractivity contribution in [2.24, 2.45) is 0 Å². The number of para-hydroxylation sites is 1. The van der Waals surface area contributed by atoms with E-state index < -0.39 is 11.9 Å². The smallest absolute Gasteiger partial charge is 0.348 e. The fourth-order valence-corrected chi connectivity index (χ4v) is 4.46. The Morgan fingerprint density at radius 3 is 2.58 bits per heavy atom. The van der Waals surface area contributed by atoms with Crippen LogP contribution in [0.4, 0.5) is 0 Å². The first-order valence-electron chi connectivity index (χ1n) is 8.82. The maximum Gasteiger partial charge on any atom is 0.348 e. The monoisotopic (exact) mass is 332 g/mol. The Morgan fingerprint density at radius 1 is 1.21 bits per heavy atom. The van der Waals surface area contributed by atoms with E-state index >= 15 is 0 Å². The lowest BCUT2D eigenvalue weighted by molar-refractivity contribution is -0.191. The van der Waals surface area contributed by atoms with Crippen LogP contribution in [0, 0.1) is 6.92 Å². The summed E-state index contributed by atoms with van der Waals surface area (Å²) in [5.41, 5.74) is 1.86. The SMILES string of the molecule is CCOC(=O)[C@@H]1Oc2c(C)cccc2C12CCC1(CC2)OCCO1. The molecular formula is C19H24O5. The van der Waals surface area contributed by atoms with Crippen LogP contribution >= 0.6 is 0 Å². The lowest BCUT2D eigenvalue weighted by Crippen LogP contribution is -2.50. The Bertz CT molecular complexity index is 637. The fraction of sp³-hybridized carbons (Fsp3) is 0.632. The number of carbonyl (C=O) groups excluding carboxylic acids is 1. The van der Waals surface area contributed by atoms with Gasteiger partial charge in [-0.25, -0.2) is 4.79 Å². The molecule has 0 aromatic heterocycles. The van der Waals surface area contributed by atoms with Gasteiger partial charge >= 0.3 is 5.97 Å². The second-order valence-corrected chi connectivity index (χ2v) is 6.97.